The number of hydrogen-bond donors (Lipinski definition) is 1. The standard InChI is InChI=1S/C25H25NO4.ClH/c1-3-30-25(28)19-13-15-20(16-14-19)26-22(21-11-7-8-12-24(21)29-2)17-23(27)18-9-5-4-6-10-18;/h4-16,22,26H,3,17H2,1-2H3;1H. The molecule has 0 radical (unpaired) electrons. The normalized spacial score (nSPS) is 11.0. The third-order valence-corrected chi connectivity index (χ3v) is 4.74. The van der Waals surface area contributed by atoms with Crippen molar-refractivity contribution in [3.8, 4) is 5.75 Å². The number of carbonyl (C=O) groups excluding carboxylic acids is 2. The molecule has 0 saturated heterocycles. The summed E-state index contributed by atoms with van der Waals surface area (Å²) in [4.78, 5) is 24.8. The molecule has 3 aromatic carbocycles. The molecule has 0 heterocycles. The number of para-hydroxylation sites is 1. The Morgan fingerprint density at radius 1 is 0.871 bits per heavy atom. The molecule has 0 aliphatic carbocycles. The SMILES string of the molecule is CCOC(=O)c1ccc(NC(CC(=O)c2ccccc2)c2ccccc2OC)cc1.Cl. The Kier molecular flexibility index (Phi) is 9.10. The summed E-state index contributed by atoms with van der Waals surface area (Å²) in [5.41, 5.74) is 2.83. The van der Waals surface area contributed by atoms with Crippen LogP contribution in [0.2, 0.25) is 0 Å². The van der Waals surface area contributed by atoms with Crippen molar-refractivity contribution < 1.29 is 19.1 Å². The molecule has 5 nitrogen and oxygen atoms in total. The Bertz CT molecular complexity index is 990. The van der Waals surface area contributed by atoms with E-state index in [0.29, 0.717) is 23.5 Å². The first-order chi connectivity index (χ1) is 14.6. The Morgan fingerprint density at radius 3 is 2.16 bits per heavy atom. The lowest BCUT2D eigenvalue weighted by molar-refractivity contribution is 0.0526. The van der Waals surface area contributed by atoms with E-state index in [-0.39, 0.29) is 36.6 Å². The topological polar surface area (TPSA) is 64.6 Å². The molecule has 1 atom stereocenters. The summed E-state index contributed by atoms with van der Waals surface area (Å²) in [7, 11) is 1.61. The molecule has 0 saturated carbocycles. The van der Waals surface area contributed by atoms with E-state index in [2.05, 4.69) is 5.32 Å². The van der Waals surface area contributed by atoms with Crippen molar-refractivity contribution >= 4 is 29.8 Å². The van der Waals surface area contributed by atoms with Crippen molar-refractivity contribution in [2.24, 2.45) is 0 Å². The summed E-state index contributed by atoms with van der Waals surface area (Å²) < 4.78 is 10.5. The smallest absolute Gasteiger partial charge is 0.338 e. The Labute approximate surface area is 188 Å². The summed E-state index contributed by atoms with van der Waals surface area (Å²) >= 11 is 0. The molecule has 0 bridgehead atoms. The lowest BCUT2D eigenvalue weighted by Crippen LogP contribution is -2.17. The fourth-order valence-electron chi connectivity index (χ4n) is 3.24. The molecule has 162 valence electrons. The monoisotopic (exact) mass is 439 g/mol. The summed E-state index contributed by atoms with van der Waals surface area (Å²) in [5, 5.41) is 3.42. The average Bonchev–Trinajstić information content (AvgIpc) is 2.79. The summed E-state index contributed by atoms with van der Waals surface area (Å²) in [5.74, 6) is 0.380. The number of anilines is 1. The van der Waals surface area contributed by atoms with E-state index in [0.717, 1.165) is 11.3 Å². The van der Waals surface area contributed by atoms with E-state index >= 15 is 0 Å². The van der Waals surface area contributed by atoms with Crippen molar-refractivity contribution in [1.29, 1.82) is 0 Å². The maximum absolute atomic E-state index is 12.9. The van der Waals surface area contributed by atoms with Crippen LogP contribution >= 0.6 is 12.4 Å². The van der Waals surface area contributed by atoms with E-state index < -0.39 is 0 Å². The van der Waals surface area contributed by atoms with Crippen LogP contribution in [0, 0.1) is 0 Å². The highest BCUT2D eigenvalue weighted by atomic mass is 35.5. The highest BCUT2D eigenvalue weighted by molar-refractivity contribution is 5.96. The van der Waals surface area contributed by atoms with Gasteiger partial charge in [-0.05, 0) is 37.3 Å². The Hall–Kier alpha value is -3.31. The number of methoxy groups -OCH3 is 1. The first kappa shape index (κ1) is 24.0. The van der Waals surface area contributed by atoms with Gasteiger partial charge in [-0.25, -0.2) is 4.79 Å². The van der Waals surface area contributed by atoms with Crippen molar-refractivity contribution in [3.63, 3.8) is 0 Å². The average molecular weight is 440 g/mol. The molecule has 0 spiro atoms. The van der Waals surface area contributed by atoms with Crippen LogP contribution < -0.4 is 10.1 Å². The first-order valence-electron chi connectivity index (χ1n) is 9.87. The van der Waals surface area contributed by atoms with Crippen LogP contribution in [0.3, 0.4) is 0 Å². The summed E-state index contributed by atoms with van der Waals surface area (Å²) in [6, 6.07) is 23.6. The molecule has 31 heavy (non-hydrogen) atoms. The van der Waals surface area contributed by atoms with Gasteiger partial charge in [0, 0.05) is 23.2 Å². The van der Waals surface area contributed by atoms with Crippen molar-refractivity contribution in [3.05, 3.63) is 95.6 Å². The minimum Gasteiger partial charge on any atom is -0.496 e. The van der Waals surface area contributed by atoms with Gasteiger partial charge in [0.2, 0.25) is 0 Å². The predicted molar refractivity (Wildman–Crippen MR) is 124 cm³/mol. The number of halogens is 1. The third kappa shape index (κ3) is 6.33. The molecule has 0 amide bonds. The fraction of sp³-hybridized carbons (Fsp3) is 0.200. The molecule has 3 rings (SSSR count). The van der Waals surface area contributed by atoms with Gasteiger partial charge in [-0.3, -0.25) is 4.79 Å². The zero-order valence-electron chi connectivity index (χ0n) is 17.5. The molecule has 6 heteroatoms. The molecular formula is C25H26ClNO4. The second-order valence-corrected chi connectivity index (χ2v) is 6.73. The fourth-order valence-corrected chi connectivity index (χ4v) is 3.24. The lowest BCUT2D eigenvalue weighted by atomic mass is 9.96. The van der Waals surface area contributed by atoms with Crippen molar-refractivity contribution in [2.45, 2.75) is 19.4 Å². The molecule has 0 fully saturated rings. The Morgan fingerprint density at radius 2 is 1.52 bits per heavy atom. The molecule has 3 aromatic rings. The second-order valence-electron chi connectivity index (χ2n) is 6.73. The van der Waals surface area contributed by atoms with Gasteiger partial charge in [0.25, 0.3) is 0 Å². The number of benzene rings is 3. The number of nitrogens with one attached hydrogen (secondary N) is 1. The van der Waals surface area contributed by atoms with E-state index in [9.17, 15) is 9.59 Å². The van der Waals surface area contributed by atoms with Crippen LogP contribution in [0.25, 0.3) is 0 Å². The van der Waals surface area contributed by atoms with Crippen LogP contribution in [-0.2, 0) is 4.74 Å². The highest BCUT2D eigenvalue weighted by Gasteiger charge is 2.20. The first-order valence-corrected chi connectivity index (χ1v) is 9.87. The number of ketones is 1. The second kappa shape index (κ2) is 11.8. The minimum absolute atomic E-state index is 0. The van der Waals surface area contributed by atoms with E-state index in [4.69, 9.17) is 9.47 Å². The number of ether oxygens (including phenoxy) is 2. The molecule has 1 unspecified atom stereocenters. The van der Waals surface area contributed by atoms with Crippen molar-refractivity contribution in [2.75, 3.05) is 19.0 Å². The molecule has 0 aliphatic rings. The molecule has 0 aliphatic heterocycles. The van der Waals surface area contributed by atoms with Gasteiger partial charge in [0.05, 0.1) is 25.3 Å². The minimum atomic E-state index is -0.357. The van der Waals surface area contributed by atoms with Gasteiger partial charge in [-0.1, -0.05) is 48.5 Å². The van der Waals surface area contributed by atoms with Crippen LogP contribution in [0.4, 0.5) is 5.69 Å². The van der Waals surface area contributed by atoms with Gasteiger partial charge in [-0.2, -0.15) is 0 Å². The van der Waals surface area contributed by atoms with Crippen LogP contribution in [0.5, 0.6) is 5.75 Å². The zero-order valence-corrected chi connectivity index (χ0v) is 18.4. The van der Waals surface area contributed by atoms with Gasteiger partial charge in [-0.15, -0.1) is 12.4 Å². The number of esters is 1. The maximum atomic E-state index is 12.9. The number of Topliss-reactive ketones (excluding diaryl/α,β-unsaturated/α-hetero) is 1. The Balaban J connectivity index is 0.00000341. The zero-order chi connectivity index (χ0) is 21.3. The summed E-state index contributed by atoms with van der Waals surface area (Å²) in [6.07, 6.45) is 0.254. The largest absolute Gasteiger partial charge is 0.496 e. The summed E-state index contributed by atoms with van der Waals surface area (Å²) in [6.45, 7) is 2.10. The van der Waals surface area contributed by atoms with Crippen molar-refractivity contribution in [1.82, 2.24) is 0 Å². The quantitative estimate of drug-likeness (QED) is 0.341. The van der Waals surface area contributed by atoms with Crippen LogP contribution in [0.15, 0.2) is 78.9 Å². The number of carbonyl (C=O) groups is 2. The van der Waals surface area contributed by atoms with E-state index in [1.165, 1.54) is 0 Å². The highest BCUT2D eigenvalue weighted by Crippen LogP contribution is 2.31. The van der Waals surface area contributed by atoms with Crippen LogP contribution in [-0.4, -0.2) is 25.5 Å². The van der Waals surface area contributed by atoms with Gasteiger partial charge in [0.1, 0.15) is 5.75 Å². The van der Waals surface area contributed by atoms with Crippen LogP contribution in [0.1, 0.15) is 45.7 Å². The van der Waals surface area contributed by atoms with E-state index in [1.807, 2.05) is 66.7 Å². The number of hydrogen-bond acceptors (Lipinski definition) is 5. The molecule has 1 N–H and O–H groups in total. The lowest BCUT2D eigenvalue weighted by Gasteiger charge is -2.22. The predicted octanol–water partition coefficient (Wildman–Crippen LogP) is 5.72. The molecule has 0 aromatic heterocycles. The van der Waals surface area contributed by atoms with E-state index in [1.54, 1.807) is 26.2 Å². The van der Waals surface area contributed by atoms with Gasteiger partial charge in [0.15, 0.2) is 5.78 Å². The maximum Gasteiger partial charge on any atom is 0.338 e. The molecular weight excluding hydrogens is 414 g/mol. The van der Waals surface area contributed by atoms with Gasteiger partial charge < -0.3 is 14.8 Å². The number of rotatable bonds is 9. The third-order valence-electron chi connectivity index (χ3n) is 4.74. The van der Waals surface area contributed by atoms with Gasteiger partial charge >= 0.3 is 5.97 Å².